The average molecular weight is 314 g/mol. The van der Waals surface area contributed by atoms with Gasteiger partial charge in [0.1, 0.15) is 16.0 Å². The molecule has 4 nitrogen and oxygen atoms in total. The highest BCUT2D eigenvalue weighted by Crippen LogP contribution is 2.38. The largest absolute Gasteiger partial charge is 0.477 e. The summed E-state index contributed by atoms with van der Waals surface area (Å²) >= 11 is 2.65. The second kappa shape index (κ2) is 4.95. The molecule has 2 heterocycles. The highest BCUT2D eigenvalue weighted by Gasteiger charge is 2.17. The van der Waals surface area contributed by atoms with E-state index in [1.165, 1.54) is 22.7 Å². The van der Waals surface area contributed by atoms with Crippen LogP contribution in [0.1, 0.15) is 26.5 Å². The molecule has 0 radical (unpaired) electrons. The maximum Gasteiger partial charge on any atom is 0.347 e. The third kappa shape index (κ3) is 2.31. The van der Waals surface area contributed by atoms with Crippen LogP contribution in [0.15, 0.2) is 18.2 Å². The molecule has 0 bridgehead atoms. The first-order valence-corrected chi connectivity index (χ1v) is 7.78. The fourth-order valence-corrected chi connectivity index (χ4v) is 4.25. The van der Waals surface area contributed by atoms with Crippen molar-refractivity contribution in [3.8, 4) is 16.0 Å². The first-order chi connectivity index (χ1) is 9.99. The van der Waals surface area contributed by atoms with Gasteiger partial charge >= 0.3 is 5.97 Å². The Bertz CT molecular complexity index is 916. The van der Waals surface area contributed by atoms with E-state index in [1.807, 2.05) is 25.1 Å². The lowest BCUT2D eigenvalue weighted by molar-refractivity contribution is 0.0701. The van der Waals surface area contributed by atoms with Crippen LogP contribution in [0.3, 0.4) is 0 Å². The number of fused-ring (bicyclic) bond motifs is 1. The molecule has 1 aromatic carbocycles. The van der Waals surface area contributed by atoms with Gasteiger partial charge in [0, 0.05) is 0 Å². The number of thiophene rings is 1. The Morgan fingerprint density at radius 1 is 1.29 bits per heavy atom. The van der Waals surface area contributed by atoms with E-state index in [2.05, 4.69) is 11.1 Å². The van der Waals surface area contributed by atoms with Gasteiger partial charge in [0.2, 0.25) is 0 Å². The molecule has 0 saturated heterocycles. The molecular weight excluding hydrogens is 304 g/mol. The second-order valence-electron chi connectivity index (χ2n) is 4.69. The van der Waals surface area contributed by atoms with Crippen molar-refractivity contribution in [2.45, 2.75) is 13.8 Å². The highest BCUT2D eigenvalue weighted by molar-refractivity contribution is 7.26. The lowest BCUT2D eigenvalue weighted by Gasteiger charge is -1.95. The number of thiazole rings is 1. The number of aryl methyl sites for hydroxylation is 2. The maximum atomic E-state index is 11.1. The van der Waals surface area contributed by atoms with Gasteiger partial charge in [-0.3, -0.25) is 0 Å². The van der Waals surface area contributed by atoms with Gasteiger partial charge in [0.05, 0.1) is 20.8 Å². The van der Waals surface area contributed by atoms with Crippen molar-refractivity contribution < 1.29 is 9.90 Å². The number of carboxylic acids is 1. The molecule has 0 fully saturated rings. The minimum atomic E-state index is -0.953. The Balaban J connectivity index is 2.20. The fourth-order valence-electron chi connectivity index (χ4n) is 2.19. The van der Waals surface area contributed by atoms with E-state index in [9.17, 15) is 10.1 Å². The van der Waals surface area contributed by atoms with E-state index >= 15 is 0 Å². The number of nitriles is 1. The van der Waals surface area contributed by atoms with E-state index < -0.39 is 5.97 Å². The fraction of sp³-hybridized carbons (Fsp3) is 0.133. The van der Waals surface area contributed by atoms with Crippen molar-refractivity contribution in [1.29, 1.82) is 5.26 Å². The van der Waals surface area contributed by atoms with Crippen molar-refractivity contribution in [3.63, 3.8) is 0 Å². The number of benzene rings is 1. The van der Waals surface area contributed by atoms with E-state index in [1.54, 1.807) is 6.92 Å². The van der Waals surface area contributed by atoms with Gasteiger partial charge in [-0.2, -0.15) is 5.26 Å². The number of nitrogens with zero attached hydrogens (tertiary/aromatic N) is 2. The minimum Gasteiger partial charge on any atom is -0.477 e. The Hall–Kier alpha value is -2.23. The third-order valence-electron chi connectivity index (χ3n) is 3.08. The first kappa shape index (κ1) is 13.7. The molecule has 0 unspecified atom stereocenters. The third-order valence-corrected chi connectivity index (χ3v) is 5.58. The van der Waals surface area contributed by atoms with Crippen molar-refractivity contribution in [2.24, 2.45) is 0 Å². The average Bonchev–Trinajstić information content (AvgIpc) is 3.00. The van der Waals surface area contributed by atoms with Crippen LogP contribution in [-0.4, -0.2) is 16.1 Å². The number of carbonyl (C=O) groups is 1. The molecule has 0 amide bonds. The van der Waals surface area contributed by atoms with Crippen molar-refractivity contribution in [2.75, 3.05) is 0 Å². The predicted molar refractivity (Wildman–Crippen MR) is 84.1 cm³/mol. The van der Waals surface area contributed by atoms with E-state index in [0.29, 0.717) is 16.3 Å². The van der Waals surface area contributed by atoms with Gasteiger partial charge in [-0.1, -0.05) is 6.07 Å². The zero-order chi connectivity index (χ0) is 15.1. The molecule has 104 valence electrons. The number of rotatable bonds is 2. The molecule has 2 aromatic heterocycles. The predicted octanol–water partition coefficient (Wildman–Crippen LogP) is 4.21. The normalized spacial score (nSPS) is 10.7. The molecule has 0 spiro atoms. The second-order valence-corrected chi connectivity index (χ2v) is 6.74. The van der Waals surface area contributed by atoms with Crippen molar-refractivity contribution >= 4 is 38.7 Å². The summed E-state index contributed by atoms with van der Waals surface area (Å²) < 4.78 is 0.919. The zero-order valence-corrected chi connectivity index (χ0v) is 12.9. The Labute approximate surface area is 128 Å². The Morgan fingerprint density at radius 3 is 2.67 bits per heavy atom. The molecular formula is C15H10N2O2S2. The lowest BCUT2D eigenvalue weighted by Crippen LogP contribution is -1.94. The summed E-state index contributed by atoms with van der Waals surface area (Å²) in [5, 5.41) is 20.0. The van der Waals surface area contributed by atoms with Crippen LogP contribution in [0.2, 0.25) is 0 Å². The molecule has 3 rings (SSSR count). The molecule has 0 atom stereocenters. The van der Waals surface area contributed by atoms with Gasteiger partial charge < -0.3 is 5.11 Å². The summed E-state index contributed by atoms with van der Waals surface area (Å²) in [6.07, 6.45) is 0. The van der Waals surface area contributed by atoms with Crippen LogP contribution in [0.25, 0.3) is 20.0 Å². The number of aromatic nitrogens is 1. The number of hydrogen-bond acceptors (Lipinski definition) is 5. The summed E-state index contributed by atoms with van der Waals surface area (Å²) in [5.74, 6) is -0.953. The molecule has 0 saturated carbocycles. The topological polar surface area (TPSA) is 74.0 Å². The van der Waals surface area contributed by atoms with E-state index in [-0.39, 0.29) is 4.88 Å². The van der Waals surface area contributed by atoms with Crippen LogP contribution in [0, 0.1) is 25.2 Å². The molecule has 6 heteroatoms. The van der Waals surface area contributed by atoms with Crippen molar-refractivity contribution in [1.82, 2.24) is 4.98 Å². The minimum absolute atomic E-state index is 0.263. The van der Waals surface area contributed by atoms with Crippen molar-refractivity contribution in [3.05, 3.63) is 39.9 Å². The summed E-state index contributed by atoms with van der Waals surface area (Å²) in [5.41, 5.74) is 2.20. The highest BCUT2D eigenvalue weighted by atomic mass is 32.1. The summed E-state index contributed by atoms with van der Waals surface area (Å²) in [6.45, 7) is 3.65. The summed E-state index contributed by atoms with van der Waals surface area (Å²) in [4.78, 5) is 16.6. The molecule has 3 aromatic rings. The molecule has 1 N–H and O–H groups in total. The maximum absolute atomic E-state index is 11.1. The Morgan fingerprint density at radius 2 is 2.05 bits per heavy atom. The van der Waals surface area contributed by atoms with Gasteiger partial charge in [-0.15, -0.1) is 22.7 Å². The van der Waals surface area contributed by atoms with Crippen LogP contribution < -0.4 is 0 Å². The quantitative estimate of drug-likeness (QED) is 0.769. The number of carboxylic acid groups (broad SMARTS) is 1. The first-order valence-electron chi connectivity index (χ1n) is 6.15. The summed E-state index contributed by atoms with van der Waals surface area (Å²) in [6, 6.07) is 8.06. The smallest absolute Gasteiger partial charge is 0.347 e. The molecule has 0 aliphatic heterocycles. The van der Waals surface area contributed by atoms with Gasteiger partial charge in [-0.05, 0) is 36.9 Å². The van der Waals surface area contributed by atoms with Crippen LogP contribution >= 0.6 is 22.7 Å². The zero-order valence-electron chi connectivity index (χ0n) is 11.3. The van der Waals surface area contributed by atoms with Gasteiger partial charge in [-0.25, -0.2) is 9.78 Å². The Kier molecular flexibility index (Phi) is 3.24. The van der Waals surface area contributed by atoms with Crippen LogP contribution in [0.5, 0.6) is 0 Å². The van der Waals surface area contributed by atoms with Gasteiger partial charge in [0.15, 0.2) is 0 Å². The van der Waals surface area contributed by atoms with Gasteiger partial charge in [0.25, 0.3) is 0 Å². The number of hydrogen-bond donors (Lipinski definition) is 1. The van der Waals surface area contributed by atoms with Crippen LogP contribution in [-0.2, 0) is 0 Å². The molecule has 0 aliphatic carbocycles. The van der Waals surface area contributed by atoms with E-state index in [0.717, 1.165) is 20.5 Å². The molecule has 0 aliphatic rings. The van der Waals surface area contributed by atoms with Crippen LogP contribution in [0.4, 0.5) is 0 Å². The van der Waals surface area contributed by atoms with E-state index in [4.69, 9.17) is 5.11 Å². The number of aromatic carboxylic acids is 1. The monoisotopic (exact) mass is 314 g/mol. The SMILES string of the molecule is Cc1cc(C#N)c2sc(-c3nc(C)c(C(=O)O)s3)cc2c1. The summed E-state index contributed by atoms with van der Waals surface area (Å²) in [7, 11) is 0. The lowest BCUT2D eigenvalue weighted by atomic mass is 10.1. The molecule has 21 heavy (non-hydrogen) atoms. The standard InChI is InChI=1S/C15H10N2O2S2/c1-7-3-9-5-11(20-13(9)10(4-7)6-16)14-17-8(2)12(21-14)15(18)19/h3-5H,1-2H3,(H,18,19).